The summed E-state index contributed by atoms with van der Waals surface area (Å²) in [6.07, 6.45) is 1.80. The molecule has 0 aliphatic rings. The van der Waals surface area contributed by atoms with Gasteiger partial charge in [-0.05, 0) is 43.2 Å². The first-order valence-electron chi connectivity index (χ1n) is 7.51. The first-order chi connectivity index (χ1) is 11.0. The quantitative estimate of drug-likeness (QED) is 0.797. The van der Waals surface area contributed by atoms with E-state index in [1.807, 2.05) is 43.3 Å². The third-order valence-electron chi connectivity index (χ3n) is 3.80. The van der Waals surface area contributed by atoms with E-state index in [4.69, 9.17) is 11.6 Å². The van der Waals surface area contributed by atoms with E-state index in [1.165, 1.54) is 0 Å². The number of benzene rings is 1. The van der Waals surface area contributed by atoms with Gasteiger partial charge in [0.25, 0.3) is 5.56 Å². The summed E-state index contributed by atoms with van der Waals surface area (Å²) in [6.45, 7) is 4.53. The summed E-state index contributed by atoms with van der Waals surface area (Å²) < 4.78 is 1.57. The van der Waals surface area contributed by atoms with Gasteiger partial charge in [-0.2, -0.15) is 0 Å². The van der Waals surface area contributed by atoms with Crippen LogP contribution in [0, 0.1) is 6.92 Å². The Labute approximate surface area is 139 Å². The lowest BCUT2D eigenvalue weighted by Gasteiger charge is -2.14. The monoisotopic (exact) mass is 327 g/mol. The number of aryl methyl sites for hydroxylation is 1. The number of halogens is 1. The molecule has 1 aromatic carbocycles. The molecule has 3 aromatic rings. The van der Waals surface area contributed by atoms with E-state index in [0.29, 0.717) is 17.2 Å². The highest BCUT2D eigenvalue weighted by atomic mass is 35.5. The Kier molecular flexibility index (Phi) is 4.46. The normalized spacial score (nSPS) is 12.5. The lowest BCUT2D eigenvalue weighted by molar-refractivity contribution is 0.567. The van der Waals surface area contributed by atoms with Crippen molar-refractivity contribution < 1.29 is 0 Å². The van der Waals surface area contributed by atoms with Crippen molar-refractivity contribution in [1.29, 1.82) is 0 Å². The van der Waals surface area contributed by atoms with Gasteiger partial charge in [-0.15, -0.1) is 0 Å². The number of pyridine rings is 1. The van der Waals surface area contributed by atoms with Crippen molar-refractivity contribution >= 4 is 17.2 Å². The van der Waals surface area contributed by atoms with Crippen LogP contribution in [0.2, 0.25) is 5.02 Å². The van der Waals surface area contributed by atoms with E-state index in [-0.39, 0.29) is 11.6 Å². The minimum absolute atomic E-state index is 0.0640. The molecule has 0 radical (unpaired) electrons. The van der Waals surface area contributed by atoms with E-state index < -0.39 is 0 Å². The molecule has 23 heavy (non-hydrogen) atoms. The van der Waals surface area contributed by atoms with Crippen LogP contribution in [0.25, 0.3) is 5.65 Å². The molecule has 118 valence electrons. The molecule has 2 aromatic heterocycles. The second-order valence-electron chi connectivity index (χ2n) is 5.68. The van der Waals surface area contributed by atoms with Gasteiger partial charge in [0.2, 0.25) is 0 Å². The first-order valence-corrected chi connectivity index (χ1v) is 7.88. The standard InChI is InChI=1S/C18H18ClN3O/c1-12-6-7-17-21-16(9-18(23)22(17)11-12)10-20-13(2)14-4-3-5-15(19)8-14/h3-9,11,13,20H,10H2,1-2H3/t13-/m1/s1. The van der Waals surface area contributed by atoms with Crippen molar-refractivity contribution in [1.82, 2.24) is 14.7 Å². The van der Waals surface area contributed by atoms with Gasteiger partial charge in [0.1, 0.15) is 5.65 Å². The van der Waals surface area contributed by atoms with Gasteiger partial charge in [0, 0.05) is 29.9 Å². The first kappa shape index (κ1) is 15.7. The molecule has 0 saturated heterocycles. The van der Waals surface area contributed by atoms with Crippen LogP contribution >= 0.6 is 11.6 Å². The van der Waals surface area contributed by atoms with E-state index in [0.717, 1.165) is 16.8 Å². The van der Waals surface area contributed by atoms with E-state index in [1.54, 1.807) is 16.7 Å². The molecular weight excluding hydrogens is 310 g/mol. The van der Waals surface area contributed by atoms with Gasteiger partial charge < -0.3 is 5.32 Å². The fourth-order valence-electron chi connectivity index (χ4n) is 2.50. The molecule has 0 amide bonds. The predicted octanol–water partition coefficient (Wildman–Crippen LogP) is 3.51. The highest BCUT2D eigenvalue weighted by Crippen LogP contribution is 2.17. The average molecular weight is 328 g/mol. The van der Waals surface area contributed by atoms with E-state index in [2.05, 4.69) is 17.2 Å². The fourth-order valence-corrected chi connectivity index (χ4v) is 2.70. The molecule has 0 aliphatic heterocycles. The number of nitrogens with zero attached hydrogens (tertiary/aromatic N) is 2. The zero-order valence-corrected chi connectivity index (χ0v) is 13.8. The van der Waals surface area contributed by atoms with Crippen molar-refractivity contribution in [2.24, 2.45) is 0 Å². The molecule has 0 saturated carbocycles. The third-order valence-corrected chi connectivity index (χ3v) is 4.03. The zero-order valence-electron chi connectivity index (χ0n) is 13.1. The van der Waals surface area contributed by atoms with Gasteiger partial charge in [-0.1, -0.05) is 29.8 Å². The summed E-state index contributed by atoms with van der Waals surface area (Å²) in [5.41, 5.74) is 3.46. The van der Waals surface area contributed by atoms with Gasteiger partial charge in [0.05, 0.1) is 5.69 Å². The maximum atomic E-state index is 12.2. The Morgan fingerprint density at radius 1 is 1.26 bits per heavy atom. The smallest absolute Gasteiger partial charge is 0.258 e. The topological polar surface area (TPSA) is 46.4 Å². The minimum atomic E-state index is -0.0640. The number of nitrogens with one attached hydrogen (secondary N) is 1. The maximum absolute atomic E-state index is 12.2. The second kappa shape index (κ2) is 6.52. The molecule has 4 nitrogen and oxygen atoms in total. The predicted molar refractivity (Wildman–Crippen MR) is 92.9 cm³/mol. The number of fused-ring (bicyclic) bond motifs is 1. The molecule has 0 aliphatic carbocycles. The number of hydrogen-bond donors (Lipinski definition) is 1. The largest absolute Gasteiger partial charge is 0.305 e. The number of rotatable bonds is 4. The highest BCUT2D eigenvalue weighted by Gasteiger charge is 2.07. The van der Waals surface area contributed by atoms with Crippen LogP contribution < -0.4 is 10.9 Å². The van der Waals surface area contributed by atoms with Gasteiger partial charge in [-0.3, -0.25) is 9.20 Å². The maximum Gasteiger partial charge on any atom is 0.258 e. The molecule has 1 N–H and O–H groups in total. The molecule has 5 heteroatoms. The Morgan fingerprint density at radius 3 is 2.87 bits per heavy atom. The summed E-state index contributed by atoms with van der Waals surface area (Å²) in [5.74, 6) is 0. The number of hydrogen-bond acceptors (Lipinski definition) is 3. The van der Waals surface area contributed by atoms with Crippen molar-refractivity contribution in [3.05, 3.63) is 80.9 Å². The van der Waals surface area contributed by atoms with Crippen LogP contribution in [0.5, 0.6) is 0 Å². The second-order valence-corrected chi connectivity index (χ2v) is 6.11. The number of aromatic nitrogens is 2. The summed E-state index contributed by atoms with van der Waals surface area (Å²) in [5, 5.41) is 4.09. The zero-order chi connectivity index (χ0) is 16.4. The van der Waals surface area contributed by atoms with Crippen LogP contribution in [0.4, 0.5) is 0 Å². The molecule has 2 heterocycles. The van der Waals surface area contributed by atoms with Crippen LogP contribution in [0.15, 0.2) is 53.5 Å². The van der Waals surface area contributed by atoms with Crippen molar-refractivity contribution in [2.75, 3.05) is 0 Å². The summed E-state index contributed by atoms with van der Waals surface area (Å²) in [4.78, 5) is 16.7. The molecule has 0 bridgehead atoms. The SMILES string of the molecule is Cc1ccc2nc(CN[C@H](C)c3cccc(Cl)c3)cc(=O)n2c1. The van der Waals surface area contributed by atoms with Crippen LogP contribution in [-0.2, 0) is 6.54 Å². The lowest BCUT2D eigenvalue weighted by atomic mass is 10.1. The van der Waals surface area contributed by atoms with Crippen molar-refractivity contribution in [2.45, 2.75) is 26.4 Å². The molecule has 1 atom stereocenters. The molecule has 0 fully saturated rings. The highest BCUT2D eigenvalue weighted by molar-refractivity contribution is 6.30. The fraction of sp³-hybridized carbons (Fsp3) is 0.222. The summed E-state index contributed by atoms with van der Waals surface area (Å²) >= 11 is 6.02. The lowest BCUT2D eigenvalue weighted by Crippen LogP contribution is -2.22. The summed E-state index contributed by atoms with van der Waals surface area (Å²) in [6, 6.07) is 13.2. The van der Waals surface area contributed by atoms with Crippen molar-refractivity contribution in [3.8, 4) is 0 Å². The third kappa shape index (κ3) is 3.60. The Bertz CT molecular complexity index is 904. The van der Waals surface area contributed by atoms with Crippen molar-refractivity contribution in [3.63, 3.8) is 0 Å². The molecule has 0 spiro atoms. The molecule has 3 rings (SSSR count). The minimum Gasteiger partial charge on any atom is -0.305 e. The molecule has 0 unspecified atom stereocenters. The van der Waals surface area contributed by atoms with E-state index >= 15 is 0 Å². The van der Waals surface area contributed by atoms with Crippen LogP contribution in [0.3, 0.4) is 0 Å². The average Bonchev–Trinajstić information content (AvgIpc) is 2.53. The van der Waals surface area contributed by atoms with Gasteiger partial charge in [0.15, 0.2) is 0 Å². The van der Waals surface area contributed by atoms with Crippen LogP contribution in [0.1, 0.15) is 29.8 Å². The Morgan fingerprint density at radius 2 is 2.09 bits per heavy atom. The van der Waals surface area contributed by atoms with Crippen LogP contribution in [-0.4, -0.2) is 9.38 Å². The Balaban J connectivity index is 1.79. The summed E-state index contributed by atoms with van der Waals surface area (Å²) in [7, 11) is 0. The van der Waals surface area contributed by atoms with Gasteiger partial charge in [-0.25, -0.2) is 4.98 Å². The van der Waals surface area contributed by atoms with E-state index in [9.17, 15) is 4.79 Å². The van der Waals surface area contributed by atoms with Gasteiger partial charge >= 0.3 is 0 Å². The Hall–Kier alpha value is -2.17. The molecular formula is C18H18ClN3O.